The number of phenols is 1. The van der Waals surface area contributed by atoms with Gasteiger partial charge in [0.15, 0.2) is 0 Å². The van der Waals surface area contributed by atoms with Gasteiger partial charge in [-0.05, 0) is 70.3 Å². The van der Waals surface area contributed by atoms with Crippen molar-refractivity contribution in [2.45, 2.75) is 6.54 Å². The summed E-state index contributed by atoms with van der Waals surface area (Å²) in [6.07, 6.45) is 1.50. The summed E-state index contributed by atoms with van der Waals surface area (Å²) in [7, 11) is 0. The number of carbonyl (C=O) groups is 2. The monoisotopic (exact) mass is 533 g/mol. The van der Waals surface area contributed by atoms with Crippen LogP contribution in [0.15, 0.2) is 45.8 Å². The van der Waals surface area contributed by atoms with Crippen LogP contribution < -0.4 is 0 Å². The van der Waals surface area contributed by atoms with Crippen LogP contribution in [-0.2, 0) is 11.3 Å². The second-order valence-corrected chi connectivity index (χ2v) is 8.29. The van der Waals surface area contributed by atoms with Gasteiger partial charge in [-0.1, -0.05) is 28.1 Å². The molecule has 1 aliphatic heterocycles. The number of hydrogen-bond donors (Lipinski definition) is 1. The number of imide groups is 1. The molecule has 1 N–H and O–H groups in total. The predicted molar refractivity (Wildman–Crippen MR) is 106 cm³/mol. The molecule has 4 nitrogen and oxygen atoms in total. The van der Waals surface area contributed by atoms with Crippen molar-refractivity contribution >= 4 is 67.5 Å². The molecular weight excluding hydrogens is 524 g/mol. The molecule has 1 aliphatic rings. The molecule has 3 rings (SSSR count). The molecule has 1 saturated heterocycles. The number of carbonyl (C=O) groups excluding carboxylic acids is 2. The lowest BCUT2D eigenvalue weighted by molar-refractivity contribution is -0.123. The maximum atomic E-state index is 13.0. The van der Waals surface area contributed by atoms with Gasteiger partial charge < -0.3 is 5.11 Å². The van der Waals surface area contributed by atoms with Crippen molar-refractivity contribution in [3.63, 3.8) is 0 Å². The van der Waals surface area contributed by atoms with Crippen molar-refractivity contribution in [1.82, 2.24) is 4.90 Å². The zero-order valence-electron chi connectivity index (χ0n) is 12.5. The number of hydrogen-bond acceptors (Lipinski definition) is 4. The molecule has 0 aromatic heterocycles. The van der Waals surface area contributed by atoms with E-state index in [1.165, 1.54) is 30.3 Å². The van der Waals surface area contributed by atoms with Crippen molar-refractivity contribution < 1.29 is 19.1 Å². The van der Waals surface area contributed by atoms with Crippen molar-refractivity contribution in [2.75, 3.05) is 0 Å². The first-order valence-electron chi connectivity index (χ1n) is 7.03. The Morgan fingerprint density at radius 1 is 1.24 bits per heavy atom. The van der Waals surface area contributed by atoms with Crippen LogP contribution in [0.3, 0.4) is 0 Å². The van der Waals surface area contributed by atoms with E-state index in [-0.39, 0.29) is 23.0 Å². The summed E-state index contributed by atoms with van der Waals surface area (Å²) < 4.78 is 14.4. The molecule has 0 spiro atoms. The van der Waals surface area contributed by atoms with Gasteiger partial charge in [-0.15, -0.1) is 0 Å². The van der Waals surface area contributed by atoms with E-state index in [4.69, 9.17) is 0 Å². The standard InChI is InChI=1S/C17H10BrFINO3S/c18-11-5-10(15(22)13(20)7-11)6-14-16(23)21(17(24)25-14)8-9-1-3-12(19)4-2-9/h1-7,22H,8H2/b14-6-. The zero-order chi connectivity index (χ0) is 18.1. The van der Waals surface area contributed by atoms with E-state index >= 15 is 0 Å². The molecule has 0 radical (unpaired) electrons. The maximum absolute atomic E-state index is 13.0. The Kier molecular flexibility index (Phi) is 5.49. The molecule has 2 aromatic rings. The molecule has 0 saturated carbocycles. The molecule has 1 fully saturated rings. The lowest BCUT2D eigenvalue weighted by atomic mass is 10.1. The fourth-order valence-corrected chi connectivity index (χ4v) is 4.63. The summed E-state index contributed by atoms with van der Waals surface area (Å²) in [5.41, 5.74) is 1.11. The van der Waals surface area contributed by atoms with Crippen molar-refractivity contribution in [3.05, 3.63) is 66.3 Å². The minimum absolute atomic E-state index is 0.0501. The number of rotatable bonds is 3. The highest BCUT2D eigenvalue weighted by Crippen LogP contribution is 2.36. The smallest absolute Gasteiger partial charge is 0.293 e. The van der Waals surface area contributed by atoms with Crippen LogP contribution in [-0.4, -0.2) is 21.2 Å². The third kappa shape index (κ3) is 4.06. The minimum atomic E-state index is -0.436. The lowest BCUT2D eigenvalue weighted by Crippen LogP contribution is -2.27. The summed E-state index contributed by atoms with van der Waals surface area (Å²) in [5.74, 6) is -0.764. The van der Waals surface area contributed by atoms with Gasteiger partial charge in [-0.2, -0.15) is 0 Å². The Balaban J connectivity index is 1.87. The van der Waals surface area contributed by atoms with Gasteiger partial charge in [0.05, 0.1) is 15.0 Å². The van der Waals surface area contributed by atoms with Gasteiger partial charge in [0.25, 0.3) is 11.1 Å². The number of thioether (sulfide) groups is 1. The van der Waals surface area contributed by atoms with E-state index in [0.717, 1.165) is 21.1 Å². The molecule has 0 unspecified atom stereocenters. The van der Waals surface area contributed by atoms with Gasteiger partial charge in [-0.25, -0.2) is 4.39 Å². The highest BCUT2D eigenvalue weighted by Gasteiger charge is 2.35. The number of phenolic OH excluding ortho intramolecular Hbond substituents is 1. The average molecular weight is 534 g/mol. The lowest BCUT2D eigenvalue weighted by Gasteiger charge is -2.12. The summed E-state index contributed by atoms with van der Waals surface area (Å²) in [6.45, 7) is 0.0737. The third-order valence-corrected chi connectivity index (χ3v) is 5.66. The van der Waals surface area contributed by atoms with E-state index in [0.29, 0.717) is 14.7 Å². The summed E-state index contributed by atoms with van der Waals surface area (Å²) >= 11 is 6.14. The number of nitrogens with zero attached hydrogens (tertiary/aromatic N) is 1. The average Bonchev–Trinajstić information content (AvgIpc) is 2.81. The highest BCUT2D eigenvalue weighted by atomic mass is 127. The molecule has 1 heterocycles. The fraction of sp³-hybridized carbons (Fsp3) is 0.0588. The quantitative estimate of drug-likeness (QED) is 0.438. The molecule has 0 atom stereocenters. The molecule has 2 aromatic carbocycles. The fourth-order valence-electron chi connectivity index (χ4n) is 2.25. The Morgan fingerprint density at radius 2 is 1.92 bits per heavy atom. The number of aromatic hydroxyl groups is 1. The van der Waals surface area contributed by atoms with Crippen LogP contribution in [0.1, 0.15) is 11.1 Å². The Bertz CT molecular complexity index is 902. The van der Waals surface area contributed by atoms with Gasteiger partial charge in [0, 0.05) is 10.0 Å². The number of benzene rings is 2. The van der Waals surface area contributed by atoms with Gasteiger partial charge in [0.1, 0.15) is 11.6 Å². The van der Waals surface area contributed by atoms with E-state index in [1.54, 1.807) is 12.1 Å². The van der Waals surface area contributed by atoms with Crippen LogP contribution in [0.2, 0.25) is 0 Å². The molecule has 0 bridgehead atoms. The van der Waals surface area contributed by atoms with Crippen molar-refractivity contribution in [3.8, 4) is 5.75 Å². The van der Waals surface area contributed by atoms with Crippen LogP contribution in [0.25, 0.3) is 6.08 Å². The summed E-state index contributed by atoms with van der Waals surface area (Å²) in [4.78, 5) is 26.0. The molecule has 2 amide bonds. The second-order valence-electron chi connectivity index (χ2n) is 5.22. The van der Waals surface area contributed by atoms with E-state index < -0.39 is 11.1 Å². The largest absolute Gasteiger partial charge is 0.506 e. The summed E-state index contributed by atoms with van der Waals surface area (Å²) in [6, 6.07) is 9.05. The van der Waals surface area contributed by atoms with Gasteiger partial charge in [0.2, 0.25) is 0 Å². The Labute approximate surface area is 169 Å². The predicted octanol–water partition coefficient (Wildman–Crippen LogP) is 5.13. The maximum Gasteiger partial charge on any atom is 0.293 e. The van der Waals surface area contributed by atoms with Crippen LogP contribution in [0.5, 0.6) is 5.75 Å². The van der Waals surface area contributed by atoms with Gasteiger partial charge in [-0.3, -0.25) is 14.5 Å². The molecule has 128 valence electrons. The van der Waals surface area contributed by atoms with Crippen molar-refractivity contribution in [1.29, 1.82) is 0 Å². The normalized spacial score (nSPS) is 16.1. The number of amides is 2. The highest BCUT2D eigenvalue weighted by molar-refractivity contribution is 14.1. The van der Waals surface area contributed by atoms with E-state index in [2.05, 4.69) is 15.9 Å². The van der Waals surface area contributed by atoms with E-state index in [9.17, 15) is 19.1 Å². The van der Waals surface area contributed by atoms with Gasteiger partial charge >= 0.3 is 0 Å². The molecule has 0 aliphatic carbocycles. The van der Waals surface area contributed by atoms with Crippen LogP contribution >= 0.6 is 50.3 Å². The van der Waals surface area contributed by atoms with Crippen LogP contribution in [0, 0.1) is 9.39 Å². The van der Waals surface area contributed by atoms with Crippen LogP contribution in [0.4, 0.5) is 9.18 Å². The molecular formula is C17H10BrFINO3S. The first-order chi connectivity index (χ1) is 11.8. The third-order valence-electron chi connectivity index (χ3n) is 3.47. The summed E-state index contributed by atoms with van der Waals surface area (Å²) in [5, 5.41) is 9.74. The SMILES string of the molecule is O=C1S/C(=C\c2cc(Br)cc(I)c2O)C(=O)N1Cc1ccc(F)cc1. The van der Waals surface area contributed by atoms with Crippen molar-refractivity contribution in [2.24, 2.45) is 0 Å². The first-order valence-corrected chi connectivity index (χ1v) is 9.72. The number of halogens is 3. The molecule has 8 heteroatoms. The zero-order valence-corrected chi connectivity index (χ0v) is 17.1. The second kappa shape index (κ2) is 7.46. The topological polar surface area (TPSA) is 57.6 Å². The minimum Gasteiger partial charge on any atom is -0.506 e. The Morgan fingerprint density at radius 3 is 2.60 bits per heavy atom. The van der Waals surface area contributed by atoms with E-state index in [1.807, 2.05) is 22.6 Å². The Hall–Kier alpha value is -1.39. The molecule has 25 heavy (non-hydrogen) atoms. The first kappa shape index (κ1) is 18.4.